The summed E-state index contributed by atoms with van der Waals surface area (Å²) in [4.78, 5) is 0. The second-order valence-corrected chi connectivity index (χ2v) is 19.8. The molecule has 0 bridgehead atoms. The fourth-order valence-electron chi connectivity index (χ4n) is 6.86. The van der Waals surface area contributed by atoms with Crippen LogP contribution >= 0.6 is 15.8 Å². The van der Waals surface area contributed by atoms with E-state index in [0.717, 1.165) is 22.6 Å². The normalized spacial score (nSPS) is 11.2. The summed E-state index contributed by atoms with van der Waals surface area (Å²) in [5.41, 5.74) is 8.24. The fourth-order valence-corrected chi connectivity index (χ4v) is 12.8. The summed E-state index contributed by atoms with van der Waals surface area (Å²) in [5, 5.41) is 8.67. The average molecular weight is 777 g/mol. The molecule has 47 heavy (non-hydrogen) atoms. The summed E-state index contributed by atoms with van der Waals surface area (Å²) in [5.74, 6) is 0. The van der Waals surface area contributed by atoms with Gasteiger partial charge in [0.2, 0.25) is 0 Å². The van der Waals surface area contributed by atoms with Crippen LogP contribution in [0.15, 0.2) is 121 Å². The third-order valence-electron chi connectivity index (χ3n) is 8.46. The van der Waals surface area contributed by atoms with E-state index in [-0.39, 0.29) is 66.9 Å². The van der Waals surface area contributed by atoms with E-state index in [1.165, 1.54) is 43.8 Å². The van der Waals surface area contributed by atoms with Crippen LogP contribution in [0.5, 0.6) is 0 Å². The molecule has 6 aromatic carbocycles. The van der Waals surface area contributed by atoms with Crippen molar-refractivity contribution in [2.45, 2.75) is 78.0 Å². The van der Waals surface area contributed by atoms with Crippen LogP contribution in [-0.2, 0) is 26.2 Å². The van der Waals surface area contributed by atoms with Crippen molar-refractivity contribution in [2.75, 3.05) is 0 Å². The minimum absolute atomic E-state index is 0. The van der Waals surface area contributed by atoms with Gasteiger partial charge in [0.1, 0.15) is 0 Å². The smallest absolute Gasteiger partial charge is 1.00 e. The summed E-state index contributed by atoms with van der Waals surface area (Å²) in [6.45, 7) is 18.9. The second-order valence-electron chi connectivity index (χ2n) is 13.0. The molecule has 0 fully saturated rings. The summed E-state index contributed by atoms with van der Waals surface area (Å²) in [7, 11) is -0.204. The topological polar surface area (TPSA) is 0 Å². The van der Waals surface area contributed by atoms with Crippen LogP contribution in [0.25, 0.3) is 43.8 Å². The summed E-state index contributed by atoms with van der Waals surface area (Å²) >= 11 is 0. The monoisotopic (exact) mass is 774 g/mol. The Morgan fingerprint density at radius 1 is 0.426 bits per heavy atom. The Hall–Kier alpha value is -1.58. The SMILES string of the molecule is CC(C)P(c1cc2c(-c3ccccc3)cccc2[cH-]1)C(C)C.CC(C)P(c1cc2c(-c3ccccc3)cccc2[cH-]1)C(C)C.[Cl-].[Cl-].[Zr+4]. The van der Waals surface area contributed by atoms with Crippen LogP contribution in [0.2, 0.25) is 0 Å². The molecule has 0 radical (unpaired) electrons. The van der Waals surface area contributed by atoms with Gasteiger partial charge in [-0.15, -0.1) is 68.6 Å². The van der Waals surface area contributed by atoms with Crippen LogP contribution in [0, 0.1) is 0 Å². The standard InChI is InChI=1S/2C21H24P.2ClH.Zr/c2*1-15(2)22(16(3)4)19-13-18-11-8-12-20(21(18)14-19)17-9-6-5-7-10-17;;;/h2*5-16H,1-4H3;2*1H;/q2*-1;;;+4/p-2. The van der Waals surface area contributed by atoms with Crippen molar-refractivity contribution >= 4 is 48.0 Å². The molecule has 0 aliphatic heterocycles. The molecule has 0 aliphatic rings. The van der Waals surface area contributed by atoms with Gasteiger partial charge in [0, 0.05) is 0 Å². The molecule has 6 aromatic rings. The van der Waals surface area contributed by atoms with E-state index in [1.54, 1.807) is 10.6 Å². The van der Waals surface area contributed by atoms with Gasteiger partial charge in [-0.1, -0.05) is 155 Å². The van der Waals surface area contributed by atoms with E-state index >= 15 is 0 Å². The van der Waals surface area contributed by atoms with Gasteiger partial charge in [-0.25, -0.2) is 0 Å². The molecule has 6 rings (SSSR count). The molecule has 0 saturated heterocycles. The number of rotatable bonds is 8. The Bertz CT molecular complexity index is 1640. The Labute approximate surface area is 318 Å². The first-order valence-corrected chi connectivity index (χ1v) is 19.2. The minimum Gasteiger partial charge on any atom is -1.00 e. The minimum atomic E-state index is -0.102. The summed E-state index contributed by atoms with van der Waals surface area (Å²) < 4.78 is 0. The second kappa shape index (κ2) is 19.0. The van der Waals surface area contributed by atoms with E-state index in [4.69, 9.17) is 0 Å². The summed E-state index contributed by atoms with van der Waals surface area (Å²) in [6.07, 6.45) is 0. The largest absolute Gasteiger partial charge is 4.00 e. The number of fused-ring (bicyclic) bond motifs is 2. The van der Waals surface area contributed by atoms with Gasteiger partial charge in [0.15, 0.2) is 0 Å². The van der Waals surface area contributed by atoms with Crippen molar-refractivity contribution < 1.29 is 51.0 Å². The van der Waals surface area contributed by atoms with Gasteiger partial charge in [-0.3, -0.25) is 0 Å². The molecule has 0 saturated carbocycles. The van der Waals surface area contributed by atoms with Gasteiger partial charge in [-0.05, 0) is 33.8 Å². The van der Waals surface area contributed by atoms with E-state index < -0.39 is 0 Å². The van der Waals surface area contributed by atoms with Crippen molar-refractivity contribution in [1.29, 1.82) is 0 Å². The maximum absolute atomic E-state index is 2.45. The molecule has 5 heteroatoms. The molecule has 0 atom stereocenters. The van der Waals surface area contributed by atoms with Crippen molar-refractivity contribution in [3.63, 3.8) is 0 Å². The molecule has 0 spiro atoms. The van der Waals surface area contributed by atoms with E-state index in [2.05, 4.69) is 177 Å². The molecule has 0 unspecified atom stereocenters. The average Bonchev–Trinajstić information content (AvgIpc) is 3.61. The molecular formula is C42H48Cl2P2Zr. The summed E-state index contributed by atoms with van der Waals surface area (Å²) in [6, 6.07) is 44.5. The zero-order valence-electron chi connectivity index (χ0n) is 29.0. The van der Waals surface area contributed by atoms with Gasteiger partial charge in [0.05, 0.1) is 0 Å². The van der Waals surface area contributed by atoms with E-state index in [1.807, 2.05) is 0 Å². The first kappa shape index (κ1) is 41.6. The zero-order chi connectivity index (χ0) is 31.4. The Morgan fingerprint density at radius 3 is 1.04 bits per heavy atom. The molecule has 0 nitrogen and oxygen atoms in total. The Morgan fingerprint density at radius 2 is 0.745 bits per heavy atom. The van der Waals surface area contributed by atoms with Crippen LogP contribution in [-0.4, -0.2) is 22.6 Å². The van der Waals surface area contributed by atoms with Gasteiger partial charge in [-0.2, -0.15) is 12.1 Å². The first-order chi connectivity index (χ1) is 21.2. The number of halogens is 2. The fraction of sp³-hybridized carbons (Fsp3) is 0.286. The molecule has 244 valence electrons. The molecule has 0 heterocycles. The van der Waals surface area contributed by atoms with Crippen molar-refractivity contribution in [3.05, 3.63) is 121 Å². The number of hydrogen-bond donors (Lipinski definition) is 0. The molecular weight excluding hydrogens is 729 g/mol. The van der Waals surface area contributed by atoms with E-state index in [0.29, 0.717) is 0 Å². The van der Waals surface area contributed by atoms with Crippen molar-refractivity contribution in [3.8, 4) is 22.3 Å². The van der Waals surface area contributed by atoms with E-state index in [9.17, 15) is 0 Å². The quantitative estimate of drug-likeness (QED) is 0.126. The molecule has 0 aromatic heterocycles. The van der Waals surface area contributed by atoms with Crippen molar-refractivity contribution in [2.24, 2.45) is 0 Å². The Balaban J connectivity index is 0.000000307. The zero-order valence-corrected chi connectivity index (χ0v) is 34.8. The van der Waals surface area contributed by atoms with Gasteiger partial charge >= 0.3 is 26.2 Å². The number of benzene rings is 4. The maximum Gasteiger partial charge on any atom is 4.00 e. The van der Waals surface area contributed by atoms with Crippen LogP contribution < -0.4 is 35.4 Å². The third kappa shape index (κ3) is 9.78. The molecule has 0 N–H and O–H groups in total. The molecule has 0 aliphatic carbocycles. The van der Waals surface area contributed by atoms with Crippen LogP contribution in [0.1, 0.15) is 55.4 Å². The first-order valence-electron chi connectivity index (χ1n) is 16.2. The molecule has 0 amide bonds. The van der Waals surface area contributed by atoms with Gasteiger partial charge in [0.25, 0.3) is 0 Å². The Kier molecular flexibility index (Phi) is 16.8. The third-order valence-corrected chi connectivity index (χ3v) is 14.6. The van der Waals surface area contributed by atoms with Crippen LogP contribution in [0.3, 0.4) is 0 Å². The predicted octanol–water partition coefficient (Wildman–Crippen LogP) is 6.30. The number of hydrogen-bond acceptors (Lipinski definition) is 0. The maximum atomic E-state index is 2.45. The van der Waals surface area contributed by atoms with Crippen molar-refractivity contribution in [1.82, 2.24) is 0 Å². The van der Waals surface area contributed by atoms with Crippen LogP contribution in [0.4, 0.5) is 0 Å². The predicted molar refractivity (Wildman–Crippen MR) is 204 cm³/mol. The van der Waals surface area contributed by atoms with Gasteiger partial charge < -0.3 is 24.8 Å².